The highest BCUT2D eigenvalue weighted by atomic mass is 79.9. The van der Waals surface area contributed by atoms with E-state index >= 15 is 0 Å². The summed E-state index contributed by atoms with van der Waals surface area (Å²) < 4.78 is 6.61. The van der Waals surface area contributed by atoms with E-state index in [9.17, 15) is 0 Å². The minimum Gasteiger partial charge on any atom is -0.467 e. The molecular weight excluding hydrogens is 292 g/mol. The first-order valence-electron chi connectivity index (χ1n) is 6.83. The van der Waals surface area contributed by atoms with Crippen molar-refractivity contribution in [2.24, 2.45) is 5.92 Å². The molecule has 1 saturated heterocycles. The Morgan fingerprint density at radius 1 is 1.56 bits per heavy atom. The monoisotopic (exact) mass is 314 g/mol. The van der Waals surface area contributed by atoms with Gasteiger partial charge in [-0.15, -0.1) is 0 Å². The van der Waals surface area contributed by atoms with Crippen molar-refractivity contribution < 1.29 is 4.42 Å². The van der Waals surface area contributed by atoms with Crippen LogP contribution in [0.1, 0.15) is 32.4 Å². The van der Waals surface area contributed by atoms with Gasteiger partial charge in [-0.05, 0) is 67.7 Å². The van der Waals surface area contributed by atoms with Crippen LogP contribution >= 0.6 is 15.9 Å². The third-order valence-corrected chi connectivity index (χ3v) is 4.37. The molecule has 4 heteroatoms. The molecule has 0 aromatic carbocycles. The van der Waals surface area contributed by atoms with Crippen molar-refractivity contribution in [2.45, 2.75) is 39.3 Å². The lowest BCUT2D eigenvalue weighted by atomic mass is 9.98. The molecule has 1 aromatic heterocycles. The van der Waals surface area contributed by atoms with Gasteiger partial charge in [0.2, 0.25) is 0 Å². The molecule has 0 radical (unpaired) electrons. The lowest BCUT2D eigenvalue weighted by molar-refractivity contribution is 0.153. The summed E-state index contributed by atoms with van der Waals surface area (Å²) in [5.74, 6) is 1.81. The number of hydrogen-bond donors (Lipinski definition) is 1. The molecule has 1 atom stereocenters. The lowest BCUT2D eigenvalue weighted by Crippen LogP contribution is -2.40. The summed E-state index contributed by atoms with van der Waals surface area (Å²) in [7, 11) is 0. The summed E-state index contributed by atoms with van der Waals surface area (Å²) in [4.78, 5) is 2.50. The fourth-order valence-corrected chi connectivity index (χ4v) is 2.82. The Hall–Kier alpha value is -0.320. The number of rotatable bonds is 5. The predicted molar refractivity (Wildman–Crippen MR) is 77.5 cm³/mol. The van der Waals surface area contributed by atoms with Crippen LogP contribution in [0.2, 0.25) is 0 Å². The molecule has 1 N–H and O–H groups in total. The van der Waals surface area contributed by atoms with E-state index in [2.05, 4.69) is 40.0 Å². The molecule has 1 aliphatic heterocycles. The van der Waals surface area contributed by atoms with Gasteiger partial charge in [-0.1, -0.05) is 0 Å². The molecule has 1 aromatic rings. The fraction of sp³-hybridized carbons (Fsp3) is 0.714. The van der Waals surface area contributed by atoms with Crippen molar-refractivity contribution in [3.63, 3.8) is 0 Å². The predicted octanol–water partition coefficient (Wildman–Crippen LogP) is 3.25. The molecule has 0 aliphatic carbocycles. The van der Waals surface area contributed by atoms with E-state index in [-0.39, 0.29) is 0 Å². The fourth-order valence-electron chi connectivity index (χ4n) is 2.49. The number of nitrogens with zero attached hydrogens (tertiary/aromatic N) is 1. The summed E-state index contributed by atoms with van der Waals surface area (Å²) in [6, 6.07) is 2.51. The van der Waals surface area contributed by atoms with Crippen LogP contribution in [-0.4, -0.2) is 30.6 Å². The molecule has 0 amide bonds. The van der Waals surface area contributed by atoms with Crippen molar-refractivity contribution in [1.82, 2.24) is 10.2 Å². The Morgan fingerprint density at radius 2 is 2.39 bits per heavy atom. The van der Waals surface area contributed by atoms with Crippen molar-refractivity contribution in [2.75, 3.05) is 19.6 Å². The van der Waals surface area contributed by atoms with Crippen LogP contribution in [0.5, 0.6) is 0 Å². The Balaban J connectivity index is 1.93. The number of piperidine rings is 1. The first-order valence-corrected chi connectivity index (χ1v) is 7.62. The molecule has 18 heavy (non-hydrogen) atoms. The molecule has 2 rings (SSSR count). The quantitative estimate of drug-likeness (QED) is 0.904. The van der Waals surface area contributed by atoms with E-state index in [1.807, 2.05) is 6.07 Å². The molecule has 2 heterocycles. The zero-order chi connectivity index (χ0) is 13.0. The van der Waals surface area contributed by atoms with E-state index in [4.69, 9.17) is 4.42 Å². The van der Waals surface area contributed by atoms with Gasteiger partial charge in [0.05, 0.1) is 17.3 Å². The molecule has 1 aliphatic rings. The van der Waals surface area contributed by atoms with E-state index in [1.165, 1.54) is 19.4 Å². The van der Waals surface area contributed by atoms with E-state index in [1.54, 1.807) is 6.26 Å². The highest BCUT2D eigenvalue weighted by molar-refractivity contribution is 9.10. The van der Waals surface area contributed by atoms with Gasteiger partial charge in [0.25, 0.3) is 0 Å². The number of hydrogen-bond acceptors (Lipinski definition) is 3. The highest BCUT2D eigenvalue weighted by Crippen LogP contribution is 2.22. The second kappa shape index (κ2) is 6.73. The Morgan fingerprint density at radius 3 is 2.94 bits per heavy atom. The number of furan rings is 1. The van der Waals surface area contributed by atoms with Crippen LogP contribution in [-0.2, 0) is 6.54 Å². The van der Waals surface area contributed by atoms with Gasteiger partial charge in [0.1, 0.15) is 5.76 Å². The molecule has 0 saturated carbocycles. The summed E-state index contributed by atoms with van der Waals surface area (Å²) in [5, 5.41) is 3.49. The number of nitrogens with one attached hydrogen (secondary N) is 1. The van der Waals surface area contributed by atoms with E-state index in [0.717, 1.165) is 35.8 Å². The van der Waals surface area contributed by atoms with Crippen LogP contribution in [0.25, 0.3) is 0 Å². The minimum absolute atomic E-state index is 0.545. The molecular formula is C14H23BrN2O. The van der Waals surface area contributed by atoms with Crippen LogP contribution in [0.4, 0.5) is 0 Å². The third kappa shape index (κ3) is 3.84. The summed E-state index contributed by atoms with van der Waals surface area (Å²) in [6.45, 7) is 8.89. The second-order valence-corrected chi connectivity index (χ2v) is 6.28. The van der Waals surface area contributed by atoms with Crippen LogP contribution in [0.15, 0.2) is 21.2 Å². The Kier molecular flexibility index (Phi) is 5.27. The highest BCUT2D eigenvalue weighted by Gasteiger charge is 2.20. The normalized spacial score (nSPS) is 20.8. The summed E-state index contributed by atoms with van der Waals surface area (Å²) in [5.41, 5.74) is 0. The molecule has 3 nitrogen and oxygen atoms in total. The van der Waals surface area contributed by atoms with Crippen LogP contribution < -0.4 is 5.32 Å². The van der Waals surface area contributed by atoms with Crippen LogP contribution in [0, 0.1) is 5.92 Å². The first-order chi connectivity index (χ1) is 8.66. The van der Waals surface area contributed by atoms with Gasteiger partial charge in [0, 0.05) is 12.6 Å². The zero-order valence-electron chi connectivity index (χ0n) is 11.3. The molecule has 102 valence electrons. The first kappa shape index (κ1) is 14.1. The van der Waals surface area contributed by atoms with E-state index < -0.39 is 0 Å². The Bertz CT molecular complexity index is 358. The smallest absolute Gasteiger partial charge is 0.131 e. The third-order valence-electron chi connectivity index (χ3n) is 3.66. The standard InChI is InChI=1S/C14H23BrN2O/c1-11(2)17(9-12-4-3-6-16-8-12)10-14-13(15)5-7-18-14/h5,7,11-12,16H,3-4,6,8-10H2,1-2H3. The molecule has 1 fully saturated rings. The average Bonchev–Trinajstić information content (AvgIpc) is 2.75. The van der Waals surface area contributed by atoms with Gasteiger partial charge in [-0.2, -0.15) is 0 Å². The maximum atomic E-state index is 5.53. The average molecular weight is 315 g/mol. The largest absolute Gasteiger partial charge is 0.467 e. The topological polar surface area (TPSA) is 28.4 Å². The number of halogens is 1. The van der Waals surface area contributed by atoms with Crippen molar-refractivity contribution >= 4 is 15.9 Å². The maximum Gasteiger partial charge on any atom is 0.131 e. The van der Waals surface area contributed by atoms with Crippen molar-refractivity contribution in [3.05, 3.63) is 22.6 Å². The van der Waals surface area contributed by atoms with Gasteiger partial charge in [0.15, 0.2) is 0 Å². The van der Waals surface area contributed by atoms with Gasteiger partial charge >= 0.3 is 0 Å². The lowest BCUT2D eigenvalue weighted by Gasteiger charge is -2.32. The van der Waals surface area contributed by atoms with Gasteiger partial charge in [-0.3, -0.25) is 4.90 Å². The van der Waals surface area contributed by atoms with E-state index in [0.29, 0.717) is 6.04 Å². The van der Waals surface area contributed by atoms with Gasteiger partial charge in [-0.25, -0.2) is 0 Å². The summed E-state index contributed by atoms with van der Waals surface area (Å²) >= 11 is 3.54. The molecule has 0 spiro atoms. The SMILES string of the molecule is CC(C)N(Cc1occc1Br)CC1CCCNC1. The van der Waals surface area contributed by atoms with Gasteiger partial charge < -0.3 is 9.73 Å². The summed E-state index contributed by atoms with van der Waals surface area (Å²) in [6.07, 6.45) is 4.40. The van der Waals surface area contributed by atoms with Crippen LogP contribution in [0.3, 0.4) is 0 Å². The molecule has 0 bridgehead atoms. The van der Waals surface area contributed by atoms with Crippen molar-refractivity contribution in [1.29, 1.82) is 0 Å². The minimum atomic E-state index is 0.545. The Labute approximate surface area is 118 Å². The molecule has 1 unspecified atom stereocenters. The van der Waals surface area contributed by atoms with Crippen molar-refractivity contribution in [3.8, 4) is 0 Å². The second-order valence-electron chi connectivity index (χ2n) is 5.43. The maximum absolute atomic E-state index is 5.53. The zero-order valence-corrected chi connectivity index (χ0v) is 12.9.